The lowest BCUT2D eigenvalue weighted by Crippen LogP contribution is -2.01. The summed E-state index contributed by atoms with van der Waals surface area (Å²) in [6.45, 7) is 2.06. The lowest BCUT2D eigenvalue weighted by Gasteiger charge is -2.01. The van der Waals surface area contributed by atoms with Gasteiger partial charge < -0.3 is 0 Å². The van der Waals surface area contributed by atoms with Crippen LogP contribution >= 0.6 is 0 Å². The average Bonchev–Trinajstić information content (AvgIpc) is 2.77. The van der Waals surface area contributed by atoms with Crippen LogP contribution in [0.4, 0.5) is 0 Å². The molecule has 0 aliphatic heterocycles. The maximum Gasteiger partial charge on any atom is 0.163 e. The number of aromatic nitrogens is 3. The summed E-state index contributed by atoms with van der Waals surface area (Å²) in [5.41, 5.74) is 1.67. The number of pyridine rings is 1. The van der Waals surface area contributed by atoms with Crippen LogP contribution in [0.3, 0.4) is 0 Å². The molecular weight excluding hydrogens is 190 g/mol. The number of rotatable bonds is 3. The van der Waals surface area contributed by atoms with E-state index in [0.29, 0.717) is 11.4 Å². The number of carbonyl (C=O) groups is 1. The third kappa shape index (κ3) is 1.79. The first-order valence-corrected chi connectivity index (χ1v) is 4.79. The van der Waals surface area contributed by atoms with Crippen LogP contribution in [0.2, 0.25) is 0 Å². The van der Waals surface area contributed by atoms with Crippen LogP contribution in [-0.4, -0.2) is 21.1 Å². The van der Waals surface area contributed by atoms with Gasteiger partial charge in [-0.15, -0.1) is 0 Å². The summed E-state index contributed by atoms with van der Waals surface area (Å²) in [5, 5.41) is 4.16. The van der Waals surface area contributed by atoms with E-state index in [0.717, 1.165) is 18.3 Å². The summed E-state index contributed by atoms with van der Waals surface area (Å²) in [6.07, 6.45) is 7.02. The fraction of sp³-hybridized carbons (Fsp3) is 0.182. The van der Waals surface area contributed by atoms with Crippen LogP contribution in [-0.2, 0) is 6.42 Å². The highest BCUT2D eigenvalue weighted by atomic mass is 16.1. The molecule has 0 bridgehead atoms. The Morgan fingerprint density at radius 3 is 3.07 bits per heavy atom. The molecule has 0 spiro atoms. The van der Waals surface area contributed by atoms with Crippen molar-refractivity contribution >= 4 is 6.29 Å². The predicted octanol–water partition coefficient (Wildman–Crippen LogP) is 1.64. The fourth-order valence-electron chi connectivity index (χ4n) is 1.35. The maximum absolute atomic E-state index is 10.8. The molecule has 2 aromatic heterocycles. The van der Waals surface area contributed by atoms with E-state index in [-0.39, 0.29) is 0 Å². The lowest BCUT2D eigenvalue weighted by molar-refractivity contribution is 0.112. The quantitative estimate of drug-likeness (QED) is 0.709. The van der Waals surface area contributed by atoms with E-state index in [9.17, 15) is 4.79 Å². The highest BCUT2D eigenvalue weighted by molar-refractivity contribution is 5.79. The Balaban J connectivity index is 2.48. The van der Waals surface area contributed by atoms with Crippen molar-refractivity contribution in [3.8, 4) is 5.82 Å². The van der Waals surface area contributed by atoms with E-state index in [4.69, 9.17) is 0 Å². The first-order chi connectivity index (χ1) is 7.35. The zero-order valence-electron chi connectivity index (χ0n) is 8.42. The van der Waals surface area contributed by atoms with Crippen molar-refractivity contribution in [1.29, 1.82) is 0 Å². The molecule has 0 atom stereocenters. The van der Waals surface area contributed by atoms with Gasteiger partial charge in [-0.05, 0) is 24.1 Å². The molecule has 0 saturated carbocycles. The van der Waals surface area contributed by atoms with Gasteiger partial charge in [-0.25, -0.2) is 9.67 Å². The van der Waals surface area contributed by atoms with E-state index >= 15 is 0 Å². The summed E-state index contributed by atoms with van der Waals surface area (Å²) >= 11 is 0. The summed E-state index contributed by atoms with van der Waals surface area (Å²) in [5.74, 6) is 0.576. The first kappa shape index (κ1) is 9.58. The molecule has 0 aliphatic rings. The van der Waals surface area contributed by atoms with E-state index in [2.05, 4.69) is 17.0 Å². The molecular formula is C11H11N3O. The van der Waals surface area contributed by atoms with Gasteiger partial charge in [-0.2, -0.15) is 5.10 Å². The molecule has 76 valence electrons. The lowest BCUT2D eigenvalue weighted by atomic mass is 10.3. The van der Waals surface area contributed by atoms with Gasteiger partial charge in [-0.3, -0.25) is 4.79 Å². The maximum atomic E-state index is 10.8. The van der Waals surface area contributed by atoms with Gasteiger partial charge in [0.2, 0.25) is 0 Å². The Hall–Kier alpha value is -1.97. The van der Waals surface area contributed by atoms with Crippen LogP contribution in [0.5, 0.6) is 0 Å². The zero-order chi connectivity index (χ0) is 10.7. The topological polar surface area (TPSA) is 47.8 Å². The molecule has 0 aromatic carbocycles. The van der Waals surface area contributed by atoms with Crippen molar-refractivity contribution in [3.63, 3.8) is 0 Å². The SMILES string of the molecule is CCc1cnn(-c2ncccc2C=O)c1. The van der Waals surface area contributed by atoms with Crippen LogP contribution in [0.25, 0.3) is 5.82 Å². The van der Waals surface area contributed by atoms with E-state index in [1.165, 1.54) is 0 Å². The Morgan fingerprint density at radius 1 is 1.53 bits per heavy atom. The van der Waals surface area contributed by atoms with Gasteiger partial charge in [0.15, 0.2) is 12.1 Å². The number of aryl methyl sites for hydroxylation is 1. The summed E-state index contributed by atoms with van der Waals surface area (Å²) in [6, 6.07) is 3.46. The standard InChI is InChI=1S/C11H11N3O/c1-2-9-6-13-14(7-9)11-10(8-15)4-3-5-12-11/h3-8H,2H2,1H3. The van der Waals surface area contributed by atoms with Gasteiger partial charge in [0.25, 0.3) is 0 Å². The molecule has 15 heavy (non-hydrogen) atoms. The molecule has 0 unspecified atom stereocenters. The molecule has 0 saturated heterocycles. The summed E-state index contributed by atoms with van der Waals surface area (Å²) in [7, 11) is 0. The number of carbonyl (C=O) groups excluding carboxylic acids is 1. The van der Waals surface area contributed by atoms with Gasteiger partial charge in [0.05, 0.1) is 11.8 Å². The van der Waals surface area contributed by atoms with Crippen LogP contribution in [0.1, 0.15) is 22.8 Å². The molecule has 0 fully saturated rings. The normalized spacial score (nSPS) is 10.2. The van der Waals surface area contributed by atoms with Crippen molar-refractivity contribution < 1.29 is 4.79 Å². The second-order valence-electron chi connectivity index (χ2n) is 3.18. The molecule has 0 radical (unpaired) electrons. The molecule has 0 N–H and O–H groups in total. The fourth-order valence-corrected chi connectivity index (χ4v) is 1.35. The third-order valence-corrected chi connectivity index (χ3v) is 2.21. The van der Waals surface area contributed by atoms with Crippen LogP contribution in [0.15, 0.2) is 30.7 Å². The smallest absolute Gasteiger partial charge is 0.163 e. The Bertz CT molecular complexity index is 476. The number of nitrogens with zero attached hydrogens (tertiary/aromatic N) is 3. The first-order valence-electron chi connectivity index (χ1n) is 4.79. The monoisotopic (exact) mass is 201 g/mol. The zero-order valence-corrected chi connectivity index (χ0v) is 8.42. The molecule has 4 heteroatoms. The Kier molecular flexibility index (Phi) is 2.58. The van der Waals surface area contributed by atoms with Gasteiger partial charge in [-0.1, -0.05) is 6.92 Å². The predicted molar refractivity (Wildman–Crippen MR) is 56.1 cm³/mol. The van der Waals surface area contributed by atoms with Crippen molar-refractivity contribution in [1.82, 2.24) is 14.8 Å². The minimum Gasteiger partial charge on any atom is -0.298 e. The van der Waals surface area contributed by atoms with Crippen molar-refractivity contribution in [2.45, 2.75) is 13.3 Å². The second kappa shape index (κ2) is 4.04. The molecule has 0 amide bonds. The van der Waals surface area contributed by atoms with E-state index < -0.39 is 0 Å². The Labute approximate surface area is 87.6 Å². The summed E-state index contributed by atoms with van der Waals surface area (Å²) in [4.78, 5) is 14.9. The Morgan fingerprint density at radius 2 is 2.40 bits per heavy atom. The molecule has 2 heterocycles. The average molecular weight is 201 g/mol. The van der Waals surface area contributed by atoms with E-state index in [1.54, 1.807) is 29.2 Å². The van der Waals surface area contributed by atoms with Crippen LogP contribution in [0, 0.1) is 0 Å². The van der Waals surface area contributed by atoms with Crippen molar-refractivity contribution in [2.24, 2.45) is 0 Å². The largest absolute Gasteiger partial charge is 0.298 e. The van der Waals surface area contributed by atoms with Gasteiger partial charge in [0.1, 0.15) is 0 Å². The minimum absolute atomic E-state index is 0.545. The number of hydrogen-bond donors (Lipinski definition) is 0. The highest BCUT2D eigenvalue weighted by Crippen LogP contribution is 2.09. The minimum atomic E-state index is 0.545. The van der Waals surface area contributed by atoms with Gasteiger partial charge in [0, 0.05) is 12.4 Å². The molecule has 0 aliphatic carbocycles. The van der Waals surface area contributed by atoms with Crippen molar-refractivity contribution in [3.05, 3.63) is 41.9 Å². The third-order valence-electron chi connectivity index (χ3n) is 2.21. The summed E-state index contributed by atoms with van der Waals surface area (Å²) < 4.78 is 1.63. The number of hydrogen-bond acceptors (Lipinski definition) is 3. The molecule has 4 nitrogen and oxygen atoms in total. The highest BCUT2D eigenvalue weighted by Gasteiger charge is 2.05. The number of aldehydes is 1. The van der Waals surface area contributed by atoms with Crippen LogP contribution < -0.4 is 0 Å². The van der Waals surface area contributed by atoms with Gasteiger partial charge >= 0.3 is 0 Å². The second-order valence-corrected chi connectivity index (χ2v) is 3.18. The van der Waals surface area contributed by atoms with E-state index in [1.807, 2.05) is 6.20 Å². The molecule has 2 aromatic rings. The molecule has 2 rings (SSSR count). The van der Waals surface area contributed by atoms with Crippen molar-refractivity contribution in [2.75, 3.05) is 0 Å².